The molecule has 2 heterocycles. The van der Waals surface area contributed by atoms with Crippen LogP contribution in [0.5, 0.6) is 11.5 Å². The van der Waals surface area contributed by atoms with Crippen LogP contribution in [0.2, 0.25) is 10.0 Å². The zero-order chi connectivity index (χ0) is 22.8. The highest BCUT2D eigenvalue weighted by atomic mass is 35.5. The highest BCUT2D eigenvalue weighted by Crippen LogP contribution is 2.34. The van der Waals surface area contributed by atoms with Crippen molar-refractivity contribution in [2.75, 3.05) is 19.5 Å². The van der Waals surface area contributed by atoms with Gasteiger partial charge in [-0.15, -0.1) is 0 Å². The number of carbonyl (C=O) groups is 2. The summed E-state index contributed by atoms with van der Waals surface area (Å²) in [6.07, 6.45) is 1.73. The maximum Gasteiger partial charge on any atom is 0.298 e. The minimum Gasteiger partial charge on any atom is -0.495 e. The Morgan fingerprint density at radius 3 is 2.38 bits per heavy atom. The summed E-state index contributed by atoms with van der Waals surface area (Å²) in [5.41, 5.74) is 2.51. The number of Topliss-reactive ketones (excluding diaryl/α,β-unsaturated/α-hetero) is 1. The number of amides is 1. The summed E-state index contributed by atoms with van der Waals surface area (Å²) in [7, 11) is 2.99. The quantitative estimate of drug-likeness (QED) is 0.288. The van der Waals surface area contributed by atoms with Crippen LogP contribution in [0.4, 0.5) is 5.69 Å². The number of carbonyl (C=O) groups excluding carboxylic acids is 2. The van der Waals surface area contributed by atoms with Crippen molar-refractivity contribution in [3.8, 4) is 22.6 Å². The third-order valence-corrected chi connectivity index (χ3v) is 5.50. The number of hydrogen-bond donors (Lipinski definition) is 1. The monoisotopic (exact) mass is 468 g/mol. The average molecular weight is 469 g/mol. The zero-order valence-electron chi connectivity index (χ0n) is 17.2. The van der Waals surface area contributed by atoms with E-state index < -0.39 is 11.7 Å². The fourth-order valence-corrected chi connectivity index (χ4v) is 3.90. The second-order valence-corrected chi connectivity index (χ2v) is 7.72. The first-order valence-corrected chi connectivity index (χ1v) is 10.3. The molecule has 0 atom stereocenters. The van der Waals surface area contributed by atoms with Crippen molar-refractivity contribution >= 4 is 46.1 Å². The highest BCUT2D eigenvalue weighted by molar-refractivity contribution is 6.47. The molecule has 0 radical (unpaired) electrons. The summed E-state index contributed by atoms with van der Waals surface area (Å²) in [5, 5.41) is 3.40. The van der Waals surface area contributed by atoms with E-state index in [2.05, 4.69) is 5.32 Å². The highest BCUT2D eigenvalue weighted by Gasteiger charge is 2.26. The number of anilines is 1. The smallest absolute Gasteiger partial charge is 0.298 e. The summed E-state index contributed by atoms with van der Waals surface area (Å²) in [5.74, 6) is -0.647. The van der Waals surface area contributed by atoms with E-state index in [4.69, 9.17) is 32.7 Å². The molecule has 4 rings (SSSR count). The van der Waals surface area contributed by atoms with E-state index in [9.17, 15) is 9.59 Å². The van der Waals surface area contributed by atoms with Crippen LogP contribution in [0.3, 0.4) is 0 Å². The number of fused-ring (bicyclic) bond motifs is 1. The lowest BCUT2D eigenvalue weighted by atomic mass is 10.0. The molecule has 32 heavy (non-hydrogen) atoms. The standard InChI is InChI=1S/C24H18Cl2N2O4/c1-31-20-8-6-14(11-18(20)26)17-13-16-5-3-4-10-28(16)22(17)23(29)24(30)27-19-12-15(25)7-9-21(19)32-2/h3-13H,1-2H3,(H,27,30). The minimum atomic E-state index is -0.824. The van der Waals surface area contributed by atoms with Crippen molar-refractivity contribution < 1.29 is 19.1 Å². The molecule has 4 aromatic rings. The SMILES string of the molecule is COc1ccc(-c2cc3ccccn3c2C(=O)C(=O)Nc2cc(Cl)ccc2OC)cc1Cl. The Hall–Kier alpha value is -3.48. The van der Waals surface area contributed by atoms with E-state index in [1.807, 2.05) is 18.2 Å². The molecule has 2 aromatic carbocycles. The summed E-state index contributed by atoms with van der Waals surface area (Å²) in [4.78, 5) is 26.3. The molecule has 0 aliphatic heterocycles. The molecule has 8 heteroatoms. The summed E-state index contributed by atoms with van der Waals surface area (Å²) in [6.45, 7) is 0. The minimum absolute atomic E-state index is 0.209. The number of rotatable bonds is 6. The number of nitrogens with zero attached hydrogens (tertiary/aromatic N) is 1. The lowest BCUT2D eigenvalue weighted by molar-refractivity contribution is -0.112. The van der Waals surface area contributed by atoms with E-state index in [1.165, 1.54) is 20.3 Å². The summed E-state index contributed by atoms with van der Waals surface area (Å²) in [6, 6.07) is 17.3. The van der Waals surface area contributed by atoms with E-state index in [-0.39, 0.29) is 5.69 Å². The van der Waals surface area contributed by atoms with Gasteiger partial charge in [0, 0.05) is 22.3 Å². The molecule has 0 bridgehead atoms. The molecule has 1 N–H and O–H groups in total. The van der Waals surface area contributed by atoms with Crippen molar-refractivity contribution in [3.05, 3.63) is 82.6 Å². The Kier molecular flexibility index (Phi) is 6.08. The fraction of sp³-hybridized carbons (Fsp3) is 0.0833. The zero-order valence-corrected chi connectivity index (χ0v) is 18.7. The molecule has 2 aromatic heterocycles. The lowest BCUT2D eigenvalue weighted by Crippen LogP contribution is -2.25. The molecular weight excluding hydrogens is 451 g/mol. The third kappa shape index (κ3) is 4.02. The lowest BCUT2D eigenvalue weighted by Gasteiger charge is -2.11. The number of ether oxygens (including phenoxy) is 2. The molecule has 0 fully saturated rings. The number of hydrogen-bond acceptors (Lipinski definition) is 4. The first-order chi connectivity index (χ1) is 15.4. The van der Waals surface area contributed by atoms with Crippen LogP contribution in [-0.2, 0) is 4.79 Å². The second kappa shape index (κ2) is 8.94. The van der Waals surface area contributed by atoms with Gasteiger partial charge in [0.25, 0.3) is 11.7 Å². The van der Waals surface area contributed by atoms with Crippen molar-refractivity contribution in [1.82, 2.24) is 4.40 Å². The van der Waals surface area contributed by atoms with Gasteiger partial charge in [0.2, 0.25) is 0 Å². The molecule has 0 aliphatic carbocycles. The largest absolute Gasteiger partial charge is 0.495 e. The van der Waals surface area contributed by atoms with E-state index >= 15 is 0 Å². The first kappa shape index (κ1) is 21.7. The molecule has 6 nitrogen and oxygen atoms in total. The van der Waals surface area contributed by atoms with Gasteiger partial charge in [-0.3, -0.25) is 9.59 Å². The fourth-order valence-electron chi connectivity index (χ4n) is 3.47. The number of nitrogens with one attached hydrogen (secondary N) is 1. The molecular formula is C24H18Cl2N2O4. The Balaban J connectivity index is 1.79. The van der Waals surface area contributed by atoms with Crippen LogP contribution in [0.25, 0.3) is 16.6 Å². The summed E-state index contributed by atoms with van der Waals surface area (Å²) < 4.78 is 12.1. The third-order valence-electron chi connectivity index (χ3n) is 4.97. The van der Waals surface area contributed by atoms with Crippen LogP contribution < -0.4 is 14.8 Å². The molecule has 0 spiro atoms. The van der Waals surface area contributed by atoms with Crippen molar-refractivity contribution in [2.45, 2.75) is 0 Å². The van der Waals surface area contributed by atoms with Gasteiger partial charge in [-0.2, -0.15) is 0 Å². The van der Waals surface area contributed by atoms with Gasteiger partial charge < -0.3 is 19.2 Å². The van der Waals surface area contributed by atoms with E-state index in [0.29, 0.717) is 38.4 Å². The van der Waals surface area contributed by atoms with Crippen molar-refractivity contribution in [3.63, 3.8) is 0 Å². The maximum absolute atomic E-state index is 13.3. The Labute approximate surface area is 194 Å². The maximum atomic E-state index is 13.3. The predicted molar refractivity (Wildman–Crippen MR) is 125 cm³/mol. The normalized spacial score (nSPS) is 10.8. The summed E-state index contributed by atoms with van der Waals surface area (Å²) >= 11 is 12.3. The Bertz CT molecular complexity index is 1350. The van der Waals surface area contributed by atoms with Crippen LogP contribution in [0.15, 0.2) is 66.9 Å². The van der Waals surface area contributed by atoms with Gasteiger partial charge >= 0.3 is 0 Å². The number of ketones is 1. The van der Waals surface area contributed by atoms with Gasteiger partial charge in [-0.05, 0) is 54.1 Å². The first-order valence-electron chi connectivity index (χ1n) is 9.56. The number of methoxy groups -OCH3 is 2. The Morgan fingerprint density at radius 1 is 0.906 bits per heavy atom. The number of aromatic nitrogens is 1. The molecule has 162 valence electrons. The van der Waals surface area contributed by atoms with Crippen LogP contribution in [-0.4, -0.2) is 30.3 Å². The number of benzene rings is 2. The predicted octanol–water partition coefficient (Wildman–Crippen LogP) is 5.75. The molecule has 0 saturated carbocycles. The average Bonchev–Trinajstić information content (AvgIpc) is 3.18. The van der Waals surface area contributed by atoms with Crippen molar-refractivity contribution in [1.29, 1.82) is 0 Å². The van der Waals surface area contributed by atoms with Gasteiger partial charge in [0.1, 0.15) is 17.2 Å². The van der Waals surface area contributed by atoms with Crippen LogP contribution in [0.1, 0.15) is 10.5 Å². The van der Waals surface area contributed by atoms with Gasteiger partial charge in [0.15, 0.2) is 0 Å². The molecule has 0 aliphatic rings. The van der Waals surface area contributed by atoms with E-state index in [0.717, 1.165) is 5.52 Å². The topological polar surface area (TPSA) is 69.0 Å². The second-order valence-electron chi connectivity index (χ2n) is 6.88. The van der Waals surface area contributed by atoms with Crippen molar-refractivity contribution in [2.24, 2.45) is 0 Å². The molecule has 1 amide bonds. The Morgan fingerprint density at radius 2 is 1.66 bits per heavy atom. The molecule has 0 saturated heterocycles. The van der Waals surface area contributed by atoms with Gasteiger partial charge in [-0.25, -0.2) is 0 Å². The number of pyridine rings is 1. The van der Waals surface area contributed by atoms with Gasteiger partial charge in [0.05, 0.1) is 24.9 Å². The molecule has 0 unspecified atom stereocenters. The number of halogens is 2. The van der Waals surface area contributed by atoms with E-state index in [1.54, 1.807) is 47.0 Å². The van der Waals surface area contributed by atoms with Gasteiger partial charge in [-0.1, -0.05) is 35.3 Å². The van der Waals surface area contributed by atoms with Crippen LogP contribution in [0, 0.1) is 0 Å². The van der Waals surface area contributed by atoms with Crippen LogP contribution >= 0.6 is 23.2 Å².